The van der Waals surface area contributed by atoms with Gasteiger partial charge in [-0.2, -0.15) is 0 Å². The Morgan fingerprint density at radius 3 is 2.61 bits per heavy atom. The molecule has 1 aromatic carbocycles. The van der Waals surface area contributed by atoms with Gasteiger partial charge >= 0.3 is 12.3 Å². The second kappa shape index (κ2) is 5.24. The first-order valence-corrected chi connectivity index (χ1v) is 7.80. The number of hydrogen-bond donors (Lipinski definition) is 1. The van der Waals surface area contributed by atoms with E-state index in [0.717, 1.165) is 11.1 Å². The number of benzene rings is 1. The molecule has 0 unspecified atom stereocenters. The van der Waals surface area contributed by atoms with Gasteiger partial charge in [0.05, 0.1) is 5.52 Å². The molecule has 0 fully saturated rings. The van der Waals surface area contributed by atoms with Crippen LogP contribution in [0.4, 0.5) is 0 Å². The zero-order chi connectivity index (χ0) is 13.2. The monoisotopic (exact) mass is 287 g/mol. The summed E-state index contributed by atoms with van der Waals surface area (Å²) in [7, 11) is 4.81. The number of rotatable bonds is 4. The second-order valence-electron chi connectivity index (χ2n) is 3.49. The van der Waals surface area contributed by atoms with Gasteiger partial charge < -0.3 is 13.5 Å². The Bertz CT molecular complexity index is 656. The van der Waals surface area contributed by atoms with Crippen molar-refractivity contribution in [1.82, 2.24) is 9.76 Å². The molecule has 0 saturated heterocycles. The molecule has 0 atom stereocenters. The van der Waals surface area contributed by atoms with Crippen molar-refractivity contribution in [2.45, 2.75) is 0 Å². The van der Waals surface area contributed by atoms with Crippen molar-refractivity contribution in [2.24, 2.45) is 12.1 Å². The van der Waals surface area contributed by atoms with Gasteiger partial charge in [-0.25, -0.2) is 5.20 Å². The summed E-state index contributed by atoms with van der Waals surface area (Å²) < 4.78 is 17.5. The van der Waals surface area contributed by atoms with Crippen molar-refractivity contribution in [3.05, 3.63) is 29.9 Å². The van der Waals surface area contributed by atoms with Crippen LogP contribution in [-0.2, 0) is 27.9 Å². The summed E-state index contributed by atoms with van der Waals surface area (Å²) in [6.45, 7) is -2.57. The van der Waals surface area contributed by atoms with Crippen molar-refractivity contribution in [1.29, 1.82) is 0 Å². The lowest BCUT2D eigenvalue weighted by Crippen LogP contribution is -2.18. The smallest absolute Gasteiger partial charge is 0.319 e. The summed E-state index contributed by atoms with van der Waals surface area (Å²) in [5.74, 6) is 0. The number of hydrogen-bond acceptors (Lipinski definition) is 5. The highest BCUT2D eigenvalue weighted by Gasteiger charge is 2.13. The number of para-hydroxylation sites is 2. The number of fused-ring (bicyclic) bond motifs is 1. The van der Waals surface area contributed by atoms with Crippen LogP contribution in [0.15, 0.2) is 33.8 Å². The molecule has 18 heavy (non-hydrogen) atoms. The van der Waals surface area contributed by atoms with E-state index >= 15 is 0 Å². The van der Waals surface area contributed by atoms with Crippen molar-refractivity contribution < 1.29 is 13.5 Å². The van der Waals surface area contributed by atoms with E-state index in [9.17, 15) is 0 Å². The molecular weight excluding hydrogens is 273 g/mol. The molecule has 1 aromatic heterocycles. The lowest BCUT2D eigenvalue weighted by molar-refractivity contribution is 0.325. The first-order chi connectivity index (χ1) is 8.59. The number of nitrogens with zero attached hydrogens (tertiary/aromatic N) is 2. The highest BCUT2D eigenvalue weighted by Crippen LogP contribution is 2.41. The fourth-order valence-electron chi connectivity index (χ4n) is 1.45. The summed E-state index contributed by atoms with van der Waals surface area (Å²) in [6, 6.07) is 7.65. The van der Waals surface area contributed by atoms with Crippen molar-refractivity contribution >= 4 is 29.5 Å². The van der Waals surface area contributed by atoms with Crippen LogP contribution in [0, 0.1) is 0 Å². The van der Waals surface area contributed by atoms with Crippen LogP contribution in [-0.4, -0.2) is 18.8 Å². The molecule has 0 radical (unpaired) electrons. The normalized spacial score (nSPS) is 13.2. The molecule has 0 aliphatic carbocycles. The molecular formula is C10H14N3O3PS. The molecule has 0 spiro atoms. The van der Waals surface area contributed by atoms with Crippen LogP contribution in [0.25, 0.3) is 11.1 Å². The van der Waals surface area contributed by atoms with E-state index in [1.807, 2.05) is 35.9 Å². The molecule has 0 saturated carbocycles. The van der Waals surface area contributed by atoms with Gasteiger partial charge in [0.25, 0.3) is 0 Å². The van der Waals surface area contributed by atoms with Gasteiger partial charge in [0.1, 0.15) is 0 Å². The van der Waals surface area contributed by atoms with Gasteiger partial charge in [-0.1, -0.05) is 12.1 Å². The minimum Gasteiger partial charge on any atom is -0.422 e. The third-order valence-corrected chi connectivity index (χ3v) is 4.91. The highest BCUT2D eigenvalue weighted by atomic mass is 32.5. The second-order valence-corrected chi connectivity index (χ2v) is 6.85. The maximum atomic E-state index is 5.58. The van der Waals surface area contributed by atoms with E-state index in [1.54, 1.807) is 0 Å². The fourth-order valence-corrected chi connectivity index (χ4v) is 2.09. The Balaban J connectivity index is 2.42. The van der Waals surface area contributed by atoms with Crippen LogP contribution in [0.1, 0.15) is 0 Å². The van der Waals surface area contributed by atoms with Gasteiger partial charge in [-0.15, -0.1) is 5.10 Å². The van der Waals surface area contributed by atoms with Crippen LogP contribution in [0.2, 0.25) is 0 Å². The molecule has 0 bridgehead atoms. The Morgan fingerprint density at radius 1 is 1.33 bits per heavy atom. The average Bonchev–Trinajstić information content (AvgIpc) is 2.73. The molecule has 1 N–H and O–H groups in total. The highest BCUT2D eigenvalue weighted by molar-refractivity contribution is 8.08. The maximum Gasteiger partial charge on any atom is 0.319 e. The molecule has 2 aromatic rings. The van der Waals surface area contributed by atoms with Crippen molar-refractivity contribution in [3.8, 4) is 0 Å². The van der Waals surface area contributed by atoms with Gasteiger partial charge in [0, 0.05) is 21.3 Å². The Kier molecular flexibility index (Phi) is 3.87. The Morgan fingerprint density at radius 2 is 2.00 bits per heavy atom. The molecule has 2 rings (SSSR count). The number of aryl methyl sites for hydroxylation is 1. The zero-order valence-electron chi connectivity index (χ0n) is 10.3. The van der Waals surface area contributed by atoms with Crippen LogP contribution < -0.4 is 10.9 Å². The van der Waals surface area contributed by atoms with Crippen molar-refractivity contribution in [3.63, 3.8) is 0 Å². The minimum atomic E-state index is -2.57. The first-order valence-electron chi connectivity index (χ1n) is 5.17. The van der Waals surface area contributed by atoms with Crippen LogP contribution >= 0.6 is 6.64 Å². The standard InChI is InChI=1S/C10H14N3O3PS/c1-13-8-6-4-5-7-9(8)16-10(13)11-12-17(18,14-2)15-3/h4-7H,1-3H3,(H,12,18)/b11-10+. The van der Waals surface area contributed by atoms with Crippen molar-refractivity contribution in [2.75, 3.05) is 14.2 Å². The Hall–Kier alpha value is -1.14. The third kappa shape index (κ3) is 2.49. The average molecular weight is 287 g/mol. The van der Waals surface area contributed by atoms with E-state index in [1.165, 1.54) is 14.2 Å². The molecule has 8 heteroatoms. The molecule has 0 aliphatic rings. The third-order valence-electron chi connectivity index (χ3n) is 2.46. The summed E-state index contributed by atoms with van der Waals surface area (Å²) >= 11 is 5.14. The number of nitrogens with one attached hydrogen (secondary N) is 1. The molecule has 0 amide bonds. The molecule has 0 aliphatic heterocycles. The van der Waals surface area contributed by atoms with E-state index < -0.39 is 6.64 Å². The maximum absolute atomic E-state index is 5.58. The zero-order valence-corrected chi connectivity index (χ0v) is 12.0. The van der Waals surface area contributed by atoms with E-state index in [4.69, 9.17) is 25.3 Å². The number of oxazole rings is 1. The fraction of sp³-hybridized carbons (Fsp3) is 0.300. The predicted octanol–water partition coefficient (Wildman–Crippen LogP) is 1.69. The van der Waals surface area contributed by atoms with Gasteiger partial charge in [0.2, 0.25) is 0 Å². The van der Waals surface area contributed by atoms with Gasteiger partial charge in [-0.05, 0) is 23.9 Å². The summed E-state index contributed by atoms with van der Waals surface area (Å²) in [6.07, 6.45) is 0. The minimum absolute atomic E-state index is 0.402. The largest absolute Gasteiger partial charge is 0.422 e. The summed E-state index contributed by atoms with van der Waals surface area (Å²) in [4.78, 5) is 0. The first kappa shape index (κ1) is 13.3. The van der Waals surface area contributed by atoms with Crippen LogP contribution in [0.5, 0.6) is 0 Å². The van der Waals surface area contributed by atoms with E-state index in [-0.39, 0.29) is 0 Å². The quantitative estimate of drug-likeness (QED) is 0.685. The molecule has 98 valence electrons. The molecule has 6 nitrogen and oxygen atoms in total. The van der Waals surface area contributed by atoms with E-state index in [2.05, 4.69) is 10.3 Å². The lowest BCUT2D eigenvalue weighted by Gasteiger charge is -2.14. The topological polar surface area (TPSA) is 60.9 Å². The summed E-state index contributed by atoms with van der Waals surface area (Å²) in [5.41, 5.74) is 2.10. The van der Waals surface area contributed by atoms with E-state index in [0.29, 0.717) is 5.68 Å². The SMILES string of the molecule is COP(=S)(N/N=c1/oc2ccccc2n1C)OC. The van der Waals surface area contributed by atoms with Gasteiger partial charge in [0.15, 0.2) is 5.58 Å². The summed E-state index contributed by atoms with van der Waals surface area (Å²) in [5, 5.41) is 6.80. The predicted molar refractivity (Wildman–Crippen MR) is 72.2 cm³/mol. The van der Waals surface area contributed by atoms with Crippen LogP contribution in [0.3, 0.4) is 0 Å². The molecule has 1 heterocycles. The lowest BCUT2D eigenvalue weighted by atomic mass is 10.3. The number of aromatic nitrogens is 1. The Labute approximate surface area is 109 Å². The van der Waals surface area contributed by atoms with Gasteiger partial charge in [-0.3, -0.25) is 4.57 Å².